The van der Waals surface area contributed by atoms with Gasteiger partial charge in [0.1, 0.15) is 5.75 Å². The number of nitrogens with zero attached hydrogens (tertiary/aromatic N) is 1. The zero-order valence-corrected chi connectivity index (χ0v) is 17.6. The Balaban J connectivity index is 1.81. The van der Waals surface area contributed by atoms with Crippen LogP contribution in [0.1, 0.15) is 38.4 Å². The highest BCUT2D eigenvalue weighted by Gasteiger charge is 2.22. The molecule has 29 heavy (non-hydrogen) atoms. The maximum atomic E-state index is 11.9. The minimum absolute atomic E-state index is 0.375. The van der Waals surface area contributed by atoms with Crippen LogP contribution >= 0.6 is 11.6 Å². The minimum Gasteiger partial charge on any atom is -0.497 e. The zero-order chi connectivity index (χ0) is 21.0. The fourth-order valence-electron chi connectivity index (χ4n) is 3.53. The number of ether oxygens (including phenoxy) is 1. The van der Waals surface area contributed by atoms with Gasteiger partial charge in [-0.25, -0.2) is 4.79 Å². The molecule has 0 saturated carbocycles. The van der Waals surface area contributed by atoms with Crippen LogP contribution in [-0.2, 0) is 19.6 Å². The van der Waals surface area contributed by atoms with Gasteiger partial charge < -0.3 is 19.7 Å². The van der Waals surface area contributed by atoms with Crippen molar-refractivity contribution in [3.63, 3.8) is 0 Å². The van der Waals surface area contributed by atoms with E-state index >= 15 is 0 Å². The van der Waals surface area contributed by atoms with Crippen LogP contribution in [-0.4, -0.2) is 22.8 Å². The van der Waals surface area contributed by atoms with Crippen LogP contribution in [0.5, 0.6) is 5.75 Å². The minimum atomic E-state index is -0.901. The van der Waals surface area contributed by atoms with Gasteiger partial charge in [0.05, 0.1) is 12.7 Å². The monoisotopic (exact) mass is 412 g/mol. The molecule has 0 saturated heterocycles. The highest BCUT2D eigenvalue weighted by Crippen LogP contribution is 2.24. The van der Waals surface area contributed by atoms with Crippen LogP contribution in [0.3, 0.4) is 0 Å². The number of rotatable bonds is 8. The van der Waals surface area contributed by atoms with Gasteiger partial charge in [-0.2, -0.15) is 0 Å². The van der Waals surface area contributed by atoms with Gasteiger partial charge in [0.25, 0.3) is 0 Å². The first-order valence-electron chi connectivity index (χ1n) is 9.40. The summed E-state index contributed by atoms with van der Waals surface area (Å²) >= 11 is 5.93. The summed E-state index contributed by atoms with van der Waals surface area (Å²) in [7, 11) is 1.64. The van der Waals surface area contributed by atoms with Crippen molar-refractivity contribution in [3.8, 4) is 5.75 Å². The fraction of sp³-hybridized carbons (Fsp3) is 0.261. The van der Waals surface area contributed by atoms with Crippen molar-refractivity contribution < 1.29 is 14.6 Å². The molecule has 0 bridgehead atoms. The standard InChI is InChI=1S/C23H25ClN2O3/c1-15-21(13-25-12-17-4-8-19(24)9-5-17)22(23(27)28)16(2)26(15)14-18-6-10-20(29-3)11-7-18/h4-11,25H,12-14H2,1-3H3,(H,27,28). The lowest BCUT2D eigenvalue weighted by atomic mass is 10.1. The average Bonchev–Trinajstić information content (AvgIpc) is 2.94. The molecule has 2 aromatic carbocycles. The first kappa shape index (κ1) is 21.0. The van der Waals surface area contributed by atoms with Crippen molar-refractivity contribution in [1.29, 1.82) is 0 Å². The van der Waals surface area contributed by atoms with Crippen LogP contribution in [0.15, 0.2) is 48.5 Å². The number of carboxylic acid groups (broad SMARTS) is 1. The number of nitrogens with one attached hydrogen (secondary N) is 1. The molecule has 3 aromatic rings. The number of aromatic nitrogens is 1. The summed E-state index contributed by atoms with van der Waals surface area (Å²) in [5.41, 5.74) is 5.09. The topological polar surface area (TPSA) is 63.5 Å². The largest absolute Gasteiger partial charge is 0.497 e. The number of hydrogen-bond acceptors (Lipinski definition) is 3. The molecule has 0 aliphatic heterocycles. The number of carbonyl (C=O) groups is 1. The summed E-state index contributed by atoms with van der Waals surface area (Å²) in [5.74, 6) is -0.101. The van der Waals surface area contributed by atoms with Gasteiger partial charge in [0.2, 0.25) is 0 Å². The van der Waals surface area contributed by atoms with Crippen LogP contribution in [0.4, 0.5) is 0 Å². The zero-order valence-electron chi connectivity index (χ0n) is 16.8. The maximum absolute atomic E-state index is 11.9. The van der Waals surface area contributed by atoms with Crippen molar-refractivity contribution >= 4 is 17.6 Å². The van der Waals surface area contributed by atoms with E-state index < -0.39 is 5.97 Å². The first-order valence-corrected chi connectivity index (χ1v) is 9.78. The van der Waals surface area contributed by atoms with Gasteiger partial charge in [-0.05, 0) is 49.2 Å². The second kappa shape index (κ2) is 9.16. The number of benzene rings is 2. The van der Waals surface area contributed by atoms with Crippen molar-refractivity contribution in [2.45, 2.75) is 33.5 Å². The van der Waals surface area contributed by atoms with Crippen molar-refractivity contribution in [3.05, 3.63) is 87.2 Å². The van der Waals surface area contributed by atoms with Crippen LogP contribution in [0.25, 0.3) is 0 Å². The van der Waals surface area contributed by atoms with Crippen molar-refractivity contribution in [2.75, 3.05) is 7.11 Å². The molecule has 0 amide bonds. The van der Waals surface area contributed by atoms with Gasteiger partial charge in [-0.15, -0.1) is 0 Å². The van der Waals surface area contributed by atoms with Gasteiger partial charge in [0, 0.05) is 41.6 Å². The van der Waals surface area contributed by atoms with E-state index in [1.165, 1.54) is 0 Å². The maximum Gasteiger partial charge on any atom is 0.337 e. The third kappa shape index (κ3) is 4.81. The molecular weight excluding hydrogens is 388 g/mol. The average molecular weight is 413 g/mol. The predicted octanol–water partition coefficient (Wildman–Crippen LogP) is 4.80. The molecule has 1 heterocycles. The Morgan fingerprint density at radius 2 is 1.62 bits per heavy atom. The third-order valence-corrected chi connectivity index (χ3v) is 5.42. The second-order valence-electron chi connectivity index (χ2n) is 6.99. The first-order chi connectivity index (χ1) is 13.9. The highest BCUT2D eigenvalue weighted by atomic mass is 35.5. The van der Waals surface area contributed by atoms with Crippen molar-refractivity contribution in [2.24, 2.45) is 0 Å². The Morgan fingerprint density at radius 1 is 1.00 bits per heavy atom. The van der Waals surface area contributed by atoms with Gasteiger partial charge in [-0.1, -0.05) is 35.9 Å². The molecule has 0 radical (unpaired) electrons. The van der Waals surface area contributed by atoms with E-state index in [-0.39, 0.29) is 0 Å². The molecule has 5 nitrogen and oxygen atoms in total. The van der Waals surface area contributed by atoms with Gasteiger partial charge in [0.15, 0.2) is 0 Å². The predicted molar refractivity (Wildman–Crippen MR) is 115 cm³/mol. The summed E-state index contributed by atoms with van der Waals surface area (Å²) in [6.45, 7) is 5.56. The number of carboxylic acids is 1. The van der Waals surface area contributed by atoms with Crippen LogP contribution in [0.2, 0.25) is 5.02 Å². The lowest BCUT2D eigenvalue weighted by molar-refractivity contribution is 0.0694. The molecule has 0 aliphatic rings. The SMILES string of the molecule is COc1ccc(Cn2c(C)c(CNCc3ccc(Cl)cc3)c(C(=O)O)c2C)cc1. The van der Waals surface area contributed by atoms with Gasteiger partial charge >= 0.3 is 5.97 Å². The highest BCUT2D eigenvalue weighted by molar-refractivity contribution is 6.30. The summed E-state index contributed by atoms with van der Waals surface area (Å²) < 4.78 is 7.27. The van der Waals surface area contributed by atoms with Crippen LogP contribution < -0.4 is 10.1 Å². The summed E-state index contributed by atoms with van der Waals surface area (Å²) in [5, 5.41) is 13.8. The molecule has 6 heteroatoms. The number of halogens is 1. The van der Waals surface area contributed by atoms with E-state index in [1.54, 1.807) is 7.11 Å². The fourth-order valence-corrected chi connectivity index (χ4v) is 3.66. The smallest absolute Gasteiger partial charge is 0.337 e. The molecule has 152 valence electrons. The molecule has 0 aliphatic carbocycles. The summed E-state index contributed by atoms with van der Waals surface area (Å²) in [4.78, 5) is 11.9. The normalized spacial score (nSPS) is 10.9. The van der Waals surface area contributed by atoms with Crippen LogP contribution in [0, 0.1) is 13.8 Å². The van der Waals surface area contributed by atoms with E-state index in [1.807, 2.05) is 62.4 Å². The van der Waals surface area contributed by atoms with E-state index in [4.69, 9.17) is 16.3 Å². The lowest BCUT2D eigenvalue weighted by Gasteiger charge is -2.11. The molecule has 0 unspecified atom stereocenters. The number of aromatic carboxylic acids is 1. The molecule has 3 rings (SSSR count). The quantitative estimate of drug-likeness (QED) is 0.557. The molecular formula is C23H25ClN2O3. The van der Waals surface area contributed by atoms with Crippen molar-refractivity contribution in [1.82, 2.24) is 9.88 Å². The number of methoxy groups -OCH3 is 1. The summed E-state index contributed by atoms with van der Waals surface area (Å²) in [6.07, 6.45) is 0. The Kier molecular flexibility index (Phi) is 6.62. The summed E-state index contributed by atoms with van der Waals surface area (Å²) in [6, 6.07) is 15.4. The molecule has 0 atom stereocenters. The Bertz CT molecular complexity index is 992. The van der Waals surface area contributed by atoms with E-state index in [0.29, 0.717) is 30.2 Å². The Morgan fingerprint density at radius 3 is 2.21 bits per heavy atom. The Hall–Kier alpha value is -2.76. The molecule has 0 spiro atoms. The molecule has 0 fully saturated rings. The third-order valence-electron chi connectivity index (χ3n) is 5.17. The number of hydrogen-bond donors (Lipinski definition) is 2. The van der Waals surface area contributed by atoms with E-state index in [9.17, 15) is 9.90 Å². The Labute approximate surface area is 175 Å². The lowest BCUT2D eigenvalue weighted by Crippen LogP contribution is -2.15. The second-order valence-corrected chi connectivity index (χ2v) is 7.43. The van der Waals surface area contributed by atoms with E-state index in [2.05, 4.69) is 9.88 Å². The molecule has 2 N–H and O–H groups in total. The molecule has 1 aromatic heterocycles. The van der Waals surface area contributed by atoms with E-state index in [0.717, 1.165) is 33.8 Å². The van der Waals surface area contributed by atoms with Gasteiger partial charge in [-0.3, -0.25) is 0 Å².